The normalized spacial score (nSPS) is 13.2. The lowest BCUT2D eigenvalue weighted by Gasteiger charge is -2.14. The molecule has 184 valence electrons. The first-order chi connectivity index (χ1) is 17.2. The van der Waals surface area contributed by atoms with E-state index in [1.165, 1.54) is 12.1 Å². The fraction of sp³-hybridized carbons (Fsp3) is 0.130. The van der Waals surface area contributed by atoms with Crippen LogP contribution in [0.2, 0.25) is 0 Å². The largest absolute Gasteiger partial charge is 0.439 e. The Labute approximate surface area is 200 Å². The highest BCUT2D eigenvalue weighted by Crippen LogP contribution is 2.32. The number of nitrogens with zero attached hydrogens (tertiary/aromatic N) is 3. The Morgan fingerprint density at radius 3 is 2.56 bits per heavy atom. The van der Waals surface area contributed by atoms with E-state index in [1.807, 2.05) is 0 Å². The third-order valence-electron chi connectivity index (χ3n) is 5.26. The molecule has 0 unspecified atom stereocenters. The topological polar surface area (TPSA) is 110 Å². The first kappa shape index (κ1) is 23.1. The molecule has 9 nitrogen and oxygen atoms in total. The summed E-state index contributed by atoms with van der Waals surface area (Å²) < 4.78 is 59.9. The SMILES string of the molecule is O=C1CCn2c(nc3ccc(Oc4ccc(NC(=O)Nc5cc(C(F)(F)F)ccc5F)cc4)nc32)N1. The van der Waals surface area contributed by atoms with Crippen LogP contribution >= 0.6 is 0 Å². The van der Waals surface area contributed by atoms with Crippen LogP contribution in [0.25, 0.3) is 11.2 Å². The zero-order valence-corrected chi connectivity index (χ0v) is 18.2. The van der Waals surface area contributed by atoms with Gasteiger partial charge in [-0.05, 0) is 48.5 Å². The van der Waals surface area contributed by atoms with E-state index in [0.29, 0.717) is 54.0 Å². The maximum atomic E-state index is 13.8. The Morgan fingerprint density at radius 2 is 1.81 bits per heavy atom. The van der Waals surface area contributed by atoms with Crippen molar-refractivity contribution in [3.05, 3.63) is 66.0 Å². The van der Waals surface area contributed by atoms with Crippen LogP contribution in [0.1, 0.15) is 12.0 Å². The van der Waals surface area contributed by atoms with Crippen LogP contribution in [-0.2, 0) is 17.5 Å². The predicted molar refractivity (Wildman–Crippen MR) is 121 cm³/mol. The molecule has 1 aliphatic rings. The van der Waals surface area contributed by atoms with E-state index in [4.69, 9.17) is 4.74 Å². The Kier molecular flexibility index (Phi) is 5.66. The highest BCUT2D eigenvalue weighted by Gasteiger charge is 2.31. The molecule has 0 saturated carbocycles. The minimum absolute atomic E-state index is 0.114. The van der Waals surface area contributed by atoms with E-state index < -0.39 is 29.3 Å². The molecule has 0 aliphatic carbocycles. The minimum atomic E-state index is -4.68. The molecule has 3 N–H and O–H groups in total. The highest BCUT2D eigenvalue weighted by molar-refractivity contribution is 6.00. The van der Waals surface area contributed by atoms with Crippen LogP contribution in [0.3, 0.4) is 0 Å². The summed E-state index contributed by atoms with van der Waals surface area (Å²) in [5.41, 5.74) is -0.253. The Bertz CT molecular complexity index is 1480. The summed E-state index contributed by atoms with van der Waals surface area (Å²) in [5, 5.41) is 7.17. The Hall–Kier alpha value is -4.68. The number of fused-ring (bicyclic) bond motifs is 3. The predicted octanol–water partition coefficient (Wildman–Crippen LogP) is 5.37. The molecule has 0 atom stereocenters. The number of aryl methyl sites for hydroxylation is 1. The molecule has 0 spiro atoms. The zero-order valence-electron chi connectivity index (χ0n) is 18.2. The number of halogens is 4. The van der Waals surface area contributed by atoms with Crippen LogP contribution < -0.4 is 20.7 Å². The number of anilines is 3. The van der Waals surface area contributed by atoms with Crippen LogP contribution in [0, 0.1) is 5.82 Å². The first-order valence-corrected chi connectivity index (χ1v) is 10.6. The molecule has 0 fully saturated rings. The van der Waals surface area contributed by atoms with Crippen LogP contribution in [-0.4, -0.2) is 26.5 Å². The number of nitrogens with one attached hydrogen (secondary N) is 3. The number of rotatable bonds is 4. The van der Waals surface area contributed by atoms with Crippen molar-refractivity contribution in [2.24, 2.45) is 0 Å². The van der Waals surface area contributed by atoms with E-state index >= 15 is 0 Å². The molecular weight excluding hydrogens is 484 g/mol. The van der Waals surface area contributed by atoms with Crippen molar-refractivity contribution < 1.29 is 31.9 Å². The van der Waals surface area contributed by atoms with Crippen molar-refractivity contribution >= 4 is 40.4 Å². The van der Waals surface area contributed by atoms with Crippen molar-refractivity contribution in [1.29, 1.82) is 0 Å². The lowest BCUT2D eigenvalue weighted by atomic mass is 10.2. The van der Waals surface area contributed by atoms with Gasteiger partial charge < -0.3 is 15.4 Å². The number of imidazole rings is 1. The van der Waals surface area contributed by atoms with Gasteiger partial charge >= 0.3 is 12.2 Å². The van der Waals surface area contributed by atoms with Crippen molar-refractivity contribution in [1.82, 2.24) is 14.5 Å². The molecule has 4 aromatic rings. The molecule has 0 saturated heterocycles. The fourth-order valence-corrected chi connectivity index (χ4v) is 3.56. The summed E-state index contributed by atoms with van der Waals surface area (Å²) in [6.07, 6.45) is -4.36. The van der Waals surface area contributed by atoms with Gasteiger partial charge in [-0.2, -0.15) is 18.2 Å². The van der Waals surface area contributed by atoms with Crippen molar-refractivity contribution in [3.8, 4) is 11.6 Å². The van der Waals surface area contributed by atoms with Gasteiger partial charge in [0.25, 0.3) is 0 Å². The number of ether oxygens (including phenoxy) is 1. The number of amides is 3. The average molecular weight is 500 g/mol. The van der Waals surface area contributed by atoms with Crippen molar-refractivity contribution in [3.63, 3.8) is 0 Å². The molecule has 13 heteroatoms. The number of benzene rings is 2. The second-order valence-electron chi connectivity index (χ2n) is 7.78. The number of carbonyl (C=O) groups excluding carboxylic acids is 2. The molecule has 5 rings (SSSR count). The van der Waals surface area contributed by atoms with Crippen LogP contribution in [0.15, 0.2) is 54.6 Å². The van der Waals surface area contributed by atoms with Crippen molar-refractivity contribution in [2.75, 3.05) is 16.0 Å². The van der Waals surface area contributed by atoms with Gasteiger partial charge in [0.2, 0.25) is 17.7 Å². The fourth-order valence-electron chi connectivity index (χ4n) is 3.56. The van der Waals surface area contributed by atoms with Gasteiger partial charge in [-0.15, -0.1) is 0 Å². The molecular formula is C23H16F4N6O3. The second-order valence-corrected chi connectivity index (χ2v) is 7.78. The maximum Gasteiger partial charge on any atom is 0.416 e. The third-order valence-corrected chi connectivity index (χ3v) is 5.26. The second kappa shape index (κ2) is 8.83. The summed E-state index contributed by atoms with van der Waals surface area (Å²) >= 11 is 0. The average Bonchev–Trinajstić information content (AvgIpc) is 3.18. The quantitative estimate of drug-likeness (QED) is 0.327. The molecule has 36 heavy (non-hydrogen) atoms. The lowest BCUT2D eigenvalue weighted by molar-refractivity contribution is -0.137. The number of hydrogen-bond donors (Lipinski definition) is 3. The van der Waals surface area contributed by atoms with E-state index in [9.17, 15) is 27.2 Å². The van der Waals surface area contributed by atoms with Gasteiger partial charge in [0.1, 0.15) is 17.1 Å². The Balaban J connectivity index is 1.25. The van der Waals surface area contributed by atoms with E-state index in [-0.39, 0.29) is 17.5 Å². The number of carbonyl (C=O) groups is 2. The minimum Gasteiger partial charge on any atom is -0.439 e. The third kappa shape index (κ3) is 4.76. The number of urea groups is 1. The number of pyridine rings is 1. The molecule has 1 aliphatic heterocycles. The lowest BCUT2D eigenvalue weighted by Crippen LogP contribution is -2.23. The van der Waals surface area contributed by atoms with Gasteiger partial charge in [-0.3, -0.25) is 14.7 Å². The molecule has 2 aromatic heterocycles. The maximum absolute atomic E-state index is 13.8. The number of aromatic nitrogens is 3. The smallest absolute Gasteiger partial charge is 0.416 e. The molecule has 2 aromatic carbocycles. The highest BCUT2D eigenvalue weighted by atomic mass is 19.4. The standard InChI is InChI=1S/C23H16F4N6O3/c24-15-6-1-12(23(25,26)27)11-17(15)30-22(35)28-13-2-4-14(5-3-13)36-19-8-7-16-20(32-19)33-10-9-18(34)31-21(33)29-16/h1-8,11H,9-10H2,(H2,28,30,35)(H,29,31,34). The van der Waals surface area contributed by atoms with Gasteiger partial charge in [0.15, 0.2) is 5.65 Å². The van der Waals surface area contributed by atoms with Gasteiger partial charge in [-0.1, -0.05) is 0 Å². The summed E-state index contributed by atoms with van der Waals surface area (Å²) in [4.78, 5) is 32.5. The summed E-state index contributed by atoms with van der Waals surface area (Å²) in [6, 6.07) is 10.2. The van der Waals surface area contributed by atoms with Crippen LogP contribution in [0.5, 0.6) is 11.6 Å². The number of hydrogen-bond acceptors (Lipinski definition) is 5. The molecule has 0 bridgehead atoms. The van der Waals surface area contributed by atoms with Crippen LogP contribution in [0.4, 0.5) is 39.7 Å². The van der Waals surface area contributed by atoms with Gasteiger partial charge in [0, 0.05) is 24.7 Å². The van der Waals surface area contributed by atoms with E-state index in [1.54, 1.807) is 28.8 Å². The van der Waals surface area contributed by atoms with Gasteiger partial charge in [0.05, 0.1) is 11.3 Å². The number of alkyl halides is 3. The summed E-state index contributed by atoms with van der Waals surface area (Å²) in [6.45, 7) is 0.445. The van der Waals surface area contributed by atoms with E-state index in [0.717, 1.165) is 0 Å². The summed E-state index contributed by atoms with van der Waals surface area (Å²) in [7, 11) is 0. The molecule has 3 heterocycles. The summed E-state index contributed by atoms with van der Waals surface area (Å²) in [5.74, 6) is -0.0292. The Morgan fingerprint density at radius 1 is 1.03 bits per heavy atom. The van der Waals surface area contributed by atoms with E-state index in [2.05, 4.69) is 25.9 Å². The molecule has 3 amide bonds. The zero-order chi connectivity index (χ0) is 25.4. The monoisotopic (exact) mass is 500 g/mol. The van der Waals surface area contributed by atoms with Crippen molar-refractivity contribution in [2.45, 2.75) is 19.1 Å². The first-order valence-electron chi connectivity index (χ1n) is 10.6. The molecule has 0 radical (unpaired) electrons. The van der Waals surface area contributed by atoms with Gasteiger partial charge in [-0.25, -0.2) is 14.2 Å².